The van der Waals surface area contributed by atoms with Crippen molar-refractivity contribution in [3.8, 4) is 0 Å². The van der Waals surface area contributed by atoms with E-state index in [0.29, 0.717) is 6.04 Å². The Kier molecular flexibility index (Phi) is 4.57. The van der Waals surface area contributed by atoms with Gasteiger partial charge in [0, 0.05) is 29.6 Å². The molecule has 1 heterocycles. The maximum Gasteiger partial charge on any atom is 0.0959 e. The lowest BCUT2D eigenvalue weighted by molar-refractivity contribution is 0.343. The van der Waals surface area contributed by atoms with E-state index >= 15 is 0 Å². The third kappa shape index (κ3) is 3.78. The van der Waals surface area contributed by atoms with Crippen LogP contribution in [-0.4, -0.2) is 11.0 Å². The van der Waals surface area contributed by atoms with E-state index in [2.05, 4.69) is 37.3 Å². The summed E-state index contributed by atoms with van der Waals surface area (Å²) in [5.41, 5.74) is 0. The van der Waals surface area contributed by atoms with Crippen molar-refractivity contribution in [1.82, 2.24) is 10.3 Å². The highest BCUT2D eigenvalue weighted by Gasteiger charge is 2.22. The largest absolute Gasteiger partial charge is 0.310 e. The molecule has 1 aromatic heterocycles. The monoisotopic (exact) mass is 252 g/mol. The molecular formula is C14H24N2S. The molecule has 96 valence electrons. The van der Waals surface area contributed by atoms with Crippen molar-refractivity contribution in [2.45, 2.75) is 65.0 Å². The van der Waals surface area contributed by atoms with Crippen molar-refractivity contribution >= 4 is 11.3 Å². The van der Waals surface area contributed by atoms with E-state index in [0.717, 1.165) is 18.4 Å². The molecule has 0 spiro atoms. The summed E-state index contributed by atoms with van der Waals surface area (Å²) in [5, 5.41) is 4.83. The number of hydrogen-bond donors (Lipinski definition) is 1. The average Bonchev–Trinajstić information content (AvgIpc) is 2.75. The quantitative estimate of drug-likeness (QED) is 0.878. The SMILES string of the molecule is CC1CCCC(c2ncc(CNC(C)C)s2)C1. The summed E-state index contributed by atoms with van der Waals surface area (Å²) < 4.78 is 0. The van der Waals surface area contributed by atoms with Gasteiger partial charge in [-0.3, -0.25) is 0 Å². The van der Waals surface area contributed by atoms with Crippen LogP contribution in [0.4, 0.5) is 0 Å². The first-order valence-corrected chi connectivity index (χ1v) is 7.64. The molecule has 1 aromatic rings. The van der Waals surface area contributed by atoms with E-state index in [1.54, 1.807) is 0 Å². The average molecular weight is 252 g/mol. The van der Waals surface area contributed by atoms with Gasteiger partial charge in [-0.2, -0.15) is 0 Å². The fourth-order valence-electron chi connectivity index (χ4n) is 2.56. The minimum atomic E-state index is 0.551. The zero-order valence-corrected chi connectivity index (χ0v) is 12.0. The molecule has 0 radical (unpaired) electrons. The number of thiazole rings is 1. The molecule has 1 aliphatic rings. The van der Waals surface area contributed by atoms with E-state index < -0.39 is 0 Å². The maximum atomic E-state index is 4.63. The van der Waals surface area contributed by atoms with Gasteiger partial charge < -0.3 is 5.32 Å². The van der Waals surface area contributed by atoms with E-state index in [9.17, 15) is 0 Å². The molecule has 1 N–H and O–H groups in total. The van der Waals surface area contributed by atoms with Crippen LogP contribution in [0, 0.1) is 5.92 Å². The molecule has 0 aliphatic heterocycles. The number of hydrogen-bond acceptors (Lipinski definition) is 3. The van der Waals surface area contributed by atoms with Gasteiger partial charge in [0.25, 0.3) is 0 Å². The van der Waals surface area contributed by atoms with Crippen molar-refractivity contribution in [2.75, 3.05) is 0 Å². The lowest BCUT2D eigenvalue weighted by Crippen LogP contribution is -2.21. The Labute approximate surface area is 109 Å². The first-order valence-electron chi connectivity index (χ1n) is 6.83. The Balaban J connectivity index is 1.92. The second kappa shape index (κ2) is 5.96. The lowest BCUT2D eigenvalue weighted by atomic mass is 9.83. The fourth-order valence-corrected chi connectivity index (χ4v) is 3.57. The van der Waals surface area contributed by atoms with Gasteiger partial charge in [0.15, 0.2) is 0 Å². The number of rotatable bonds is 4. The Hall–Kier alpha value is -0.410. The van der Waals surface area contributed by atoms with Crippen molar-refractivity contribution in [3.63, 3.8) is 0 Å². The molecule has 0 amide bonds. The highest BCUT2D eigenvalue weighted by Crippen LogP contribution is 2.37. The minimum absolute atomic E-state index is 0.551. The second-order valence-electron chi connectivity index (χ2n) is 5.67. The van der Waals surface area contributed by atoms with Gasteiger partial charge in [0.1, 0.15) is 0 Å². The lowest BCUT2D eigenvalue weighted by Gasteiger charge is -2.24. The zero-order chi connectivity index (χ0) is 12.3. The Morgan fingerprint density at radius 2 is 2.29 bits per heavy atom. The van der Waals surface area contributed by atoms with Crippen LogP contribution in [0.1, 0.15) is 62.3 Å². The molecule has 2 unspecified atom stereocenters. The van der Waals surface area contributed by atoms with Crippen LogP contribution in [0.5, 0.6) is 0 Å². The highest BCUT2D eigenvalue weighted by molar-refractivity contribution is 7.11. The maximum absolute atomic E-state index is 4.63. The number of nitrogens with zero attached hydrogens (tertiary/aromatic N) is 1. The smallest absolute Gasteiger partial charge is 0.0959 e. The summed E-state index contributed by atoms with van der Waals surface area (Å²) in [6, 6.07) is 0.551. The van der Waals surface area contributed by atoms with Crippen LogP contribution in [0.3, 0.4) is 0 Å². The first-order chi connectivity index (χ1) is 8.15. The number of nitrogens with one attached hydrogen (secondary N) is 1. The minimum Gasteiger partial charge on any atom is -0.310 e. The topological polar surface area (TPSA) is 24.9 Å². The van der Waals surface area contributed by atoms with Gasteiger partial charge in [0.05, 0.1) is 5.01 Å². The molecule has 1 saturated carbocycles. The summed E-state index contributed by atoms with van der Waals surface area (Å²) in [6.07, 6.45) is 7.53. The van der Waals surface area contributed by atoms with Crippen LogP contribution < -0.4 is 5.32 Å². The standard InChI is InChI=1S/C14H24N2S/c1-10(2)15-8-13-9-16-14(17-13)12-6-4-5-11(3)7-12/h9-12,15H,4-8H2,1-3H3. The third-order valence-corrected chi connectivity index (χ3v) is 4.70. The Morgan fingerprint density at radius 3 is 3.00 bits per heavy atom. The number of aromatic nitrogens is 1. The summed E-state index contributed by atoms with van der Waals surface area (Å²) >= 11 is 1.91. The molecule has 17 heavy (non-hydrogen) atoms. The van der Waals surface area contributed by atoms with Crippen molar-refractivity contribution in [1.29, 1.82) is 0 Å². The summed E-state index contributed by atoms with van der Waals surface area (Å²) in [5.74, 6) is 1.62. The van der Waals surface area contributed by atoms with Gasteiger partial charge in [-0.05, 0) is 18.8 Å². The van der Waals surface area contributed by atoms with Gasteiger partial charge in [-0.15, -0.1) is 11.3 Å². The zero-order valence-electron chi connectivity index (χ0n) is 11.2. The molecule has 0 bridgehead atoms. The predicted octanol–water partition coefficient (Wildman–Crippen LogP) is 3.93. The molecule has 2 atom stereocenters. The van der Waals surface area contributed by atoms with Gasteiger partial charge in [-0.1, -0.05) is 33.6 Å². The highest BCUT2D eigenvalue weighted by atomic mass is 32.1. The summed E-state index contributed by atoms with van der Waals surface area (Å²) in [7, 11) is 0. The van der Waals surface area contributed by atoms with E-state index in [1.807, 2.05) is 11.3 Å². The van der Waals surface area contributed by atoms with Gasteiger partial charge >= 0.3 is 0 Å². The normalized spacial score (nSPS) is 25.4. The van der Waals surface area contributed by atoms with E-state index in [1.165, 1.54) is 35.6 Å². The van der Waals surface area contributed by atoms with E-state index in [-0.39, 0.29) is 0 Å². The van der Waals surface area contributed by atoms with Crippen LogP contribution in [0.15, 0.2) is 6.20 Å². The molecular weight excluding hydrogens is 228 g/mol. The Bertz CT molecular complexity index is 346. The van der Waals surface area contributed by atoms with Gasteiger partial charge in [0.2, 0.25) is 0 Å². The molecule has 2 rings (SSSR count). The molecule has 1 fully saturated rings. The molecule has 2 nitrogen and oxygen atoms in total. The molecule has 0 aromatic carbocycles. The second-order valence-corrected chi connectivity index (χ2v) is 6.82. The molecule has 0 saturated heterocycles. The van der Waals surface area contributed by atoms with Gasteiger partial charge in [-0.25, -0.2) is 4.98 Å². The first kappa shape index (κ1) is 13.0. The summed E-state index contributed by atoms with van der Waals surface area (Å²) in [4.78, 5) is 6.01. The predicted molar refractivity (Wildman–Crippen MR) is 74.5 cm³/mol. The van der Waals surface area contributed by atoms with Crippen molar-refractivity contribution < 1.29 is 0 Å². The summed E-state index contributed by atoms with van der Waals surface area (Å²) in [6.45, 7) is 7.72. The molecule has 3 heteroatoms. The van der Waals surface area contributed by atoms with Crippen LogP contribution in [0.25, 0.3) is 0 Å². The van der Waals surface area contributed by atoms with E-state index in [4.69, 9.17) is 0 Å². The fraction of sp³-hybridized carbons (Fsp3) is 0.786. The Morgan fingerprint density at radius 1 is 1.47 bits per heavy atom. The van der Waals surface area contributed by atoms with Crippen LogP contribution >= 0.6 is 11.3 Å². The van der Waals surface area contributed by atoms with Crippen molar-refractivity contribution in [3.05, 3.63) is 16.1 Å². The van der Waals surface area contributed by atoms with Crippen LogP contribution in [0.2, 0.25) is 0 Å². The van der Waals surface area contributed by atoms with Crippen LogP contribution in [-0.2, 0) is 6.54 Å². The molecule has 1 aliphatic carbocycles. The van der Waals surface area contributed by atoms with Crippen molar-refractivity contribution in [2.24, 2.45) is 5.92 Å². The third-order valence-electron chi connectivity index (χ3n) is 3.54.